The van der Waals surface area contributed by atoms with E-state index in [1.165, 1.54) is 19.3 Å². The van der Waals surface area contributed by atoms with Gasteiger partial charge in [0.1, 0.15) is 12.4 Å². The molecule has 0 saturated carbocycles. The van der Waals surface area contributed by atoms with Gasteiger partial charge in [0.25, 0.3) is 0 Å². The highest BCUT2D eigenvalue weighted by Crippen LogP contribution is 2.23. The summed E-state index contributed by atoms with van der Waals surface area (Å²) in [7, 11) is 0. The van der Waals surface area contributed by atoms with E-state index in [2.05, 4.69) is 57.5 Å². The molecule has 2 N–H and O–H groups in total. The summed E-state index contributed by atoms with van der Waals surface area (Å²) >= 11 is 0. The Hall–Kier alpha value is -1.62. The van der Waals surface area contributed by atoms with E-state index in [4.69, 9.17) is 5.73 Å². The third-order valence-electron chi connectivity index (χ3n) is 4.62. The molecular formula is C18H32N5+. The molecule has 2 aromatic heterocycles. The third-order valence-corrected chi connectivity index (χ3v) is 4.62. The number of nitrogens with two attached hydrogens (primary N) is 1. The van der Waals surface area contributed by atoms with Crippen molar-refractivity contribution in [1.82, 2.24) is 14.1 Å². The number of aryl methyl sites for hydroxylation is 1. The van der Waals surface area contributed by atoms with Crippen LogP contribution in [0.2, 0.25) is 0 Å². The maximum absolute atomic E-state index is 5.53. The van der Waals surface area contributed by atoms with E-state index in [0.717, 1.165) is 32.4 Å². The monoisotopic (exact) mass is 318 g/mol. The first kappa shape index (κ1) is 17.7. The Labute approximate surface area is 140 Å². The fourth-order valence-electron chi connectivity index (χ4n) is 3.10. The van der Waals surface area contributed by atoms with Gasteiger partial charge in [-0.05, 0) is 39.2 Å². The number of hydrogen-bond donors (Lipinski definition) is 1. The first-order valence-corrected chi connectivity index (χ1v) is 8.98. The molecule has 0 fully saturated rings. The molecule has 2 heterocycles. The number of rotatable bonds is 11. The minimum Gasteiger partial charge on any atom is -0.334 e. The highest BCUT2D eigenvalue weighted by atomic mass is 15.1. The van der Waals surface area contributed by atoms with Gasteiger partial charge >= 0.3 is 0 Å². The average Bonchev–Trinajstić information content (AvgIpc) is 3.24. The van der Waals surface area contributed by atoms with Gasteiger partial charge in [-0.3, -0.25) is 0 Å². The van der Waals surface area contributed by atoms with Crippen LogP contribution in [0.1, 0.15) is 64.5 Å². The topological polar surface area (TPSA) is 52.6 Å². The van der Waals surface area contributed by atoms with Gasteiger partial charge in [0, 0.05) is 24.9 Å². The zero-order valence-corrected chi connectivity index (χ0v) is 14.6. The quantitative estimate of drug-likeness (QED) is 0.511. The van der Waals surface area contributed by atoms with Crippen molar-refractivity contribution in [2.45, 2.75) is 71.0 Å². The summed E-state index contributed by atoms with van der Waals surface area (Å²) in [4.78, 5) is 4.17. The molecule has 128 valence electrons. The molecular weight excluding hydrogens is 286 g/mol. The van der Waals surface area contributed by atoms with Crippen molar-refractivity contribution in [2.75, 3.05) is 6.54 Å². The van der Waals surface area contributed by atoms with Gasteiger partial charge in [0.15, 0.2) is 0 Å². The molecule has 5 heteroatoms. The predicted molar refractivity (Wildman–Crippen MR) is 93.0 cm³/mol. The summed E-state index contributed by atoms with van der Waals surface area (Å²) in [6.45, 7) is 6.46. The Kier molecular flexibility index (Phi) is 7.33. The molecule has 23 heavy (non-hydrogen) atoms. The normalized spacial score (nSPS) is 14.0. The Bertz CT molecular complexity index is 531. The Morgan fingerprint density at radius 3 is 2.65 bits per heavy atom. The van der Waals surface area contributed by atoms with Gasteiger partial charge < -0.3 is 10.3 Å². The van der Waals surface area contributed by atoms with Gasteiger partial charge in [-0.25, -0.2) is 14.1 Å². The van der Waals surface area contributed by atoms with E-state index in [1.807, 2.05) is 12.5 Å². The zero-order valence-electron chi connectivity index (χ0n) is 14.6. The fourth-order valence-corrected chi connectivity index (χ4v) is 3.10. The molecule has 0 saturated heterocycles. The SMILES string of the molecule is CCC(CC(C)n1cc[n+](CCCCCCN)c1)n1ccnc1. The number of nitrogens with zero attached hydrogens (tertiary/aromatic N) is 4. The molecule has 0 aliphatic heterocycles. The number of imidazole rings is 2. The first-order chi connectivity index (χ1) is 11.2. The van der Waals surface area contributed by atoms with Crippen LogP contribution in [0.3, 0.4) is 0 Å². The van der Waals surface area contributed by atoms with Crippen LogP contribution >= 0.6 is 0 Å². The lowest BCUT2D eigenvalue weighted by Crippen LogP contribution is -2.31. The lowest BCUT2D eigenvalue weighted by Gasteiger charge is -2.19. The molecule has 2 aromatic rings. The Morgan fingerprint density at radius 2 is 1.96 bits per heavy atom. The summed E-state index contributed by atoms with van der Waals surface area (Å²) in [5.41, 5.74) is 5.53. The molecule has 0 amide bonds. The maximum atomic E-state index is 5.53. The number of aromatic nitrogens is 4. The second-order valence-electron chi connectivity index (χ2n) is 6.46. The van der Waals surface area contributed by atoms with Gasteiger partial charge in [-0.15, -0.1) is 0 Å². The Balaban J connectivity index is 1.82. The van der Waals surface area contributed by atoms with Crippen LogP contribution in [0.5, 0.6) is 0 Å². The minimum atomic E-state index is 0.487. The Morgan fingerprint density at radius 1 is 1.13 bits per heavy atom. The van der Waals surface area contributed by atoms with Crippen LogP contribution in [-0.4, -0.2) is 20.7 Å². The predicted octanol–water partition coefficient (Wildman–Crippen LogP) is 3.09. The first-order valence-electron chi connectivity index (χ1n) is 8.98. The molecule has 0 aliphatic rings. The van der Waals surface area contributed by atoms with Crippen molar-refractivity contribution in [3.8, 4) is 0 Å². The van der Waals surface area contributed by atoms with Crippen molar-refractivity contribution in [2.24, 2.45) is 5.73 Å². The van der Waals surface area contributed by atoms with Crippen LogP contribution in [0.15, 0.2) is 37.4 Å². The minimum absolute atomic E-state index is 0.487. The van der Waals surface area contributed by atoms with Gasteiger partial charge in [0.2, 0.25) is 6.33 Å². The molecule has 5 nitrogen and oxygen atoms in total. The molecule has 0 spiro atoms. The summed E-state index contributed by atoms with van der Waals surface area (Å²) < 4.78 is 6.86. The van der Waals surface area contributed by atoms with Crippen LogP contribution < -0.4 is 10.3 Å². The molecule has 2 unspecified atom stereocenters. The zero-order chi connectivity index (χ0) is 16.5. The molecule has 0 aliphatic carbocycles. The maximum Gasteiger partial charge on any atom is 0.243 e. The molecule has 2 atom stereocenters. The highest BCUT2D eigenvalue weighted by Gasteiger charge is 2.18. The van der Waals surface area contributed by atoms with E-state index in [1.54, 1.807) is 0 Å². The van der Waals surface area contributed by atoms with E-state index >= 15 is 0 Å². The van der Waals surface area contributed by atoms with Crippen LogP contribution in [0, 0.1) is 0 Å². The van der Waals surface area contributed by atoms with Gasteiger partial charge in [-0.1, -0.05) is 13.3 Å². The molecule has 2 rings (SSSR count). The van der Waals surface area contributed by atoms with E-state index < -0.39 is 0 Å². The molecule has 0 aromatic carbocycles. The van der Waals surface area contributed by atoms with Crippen LogP contribution in [-0.2, 0) is 6.54 Å². The van der Waals surface area contributed by atoms with Gasteiger partial charge in [-0.2, -0.15) is 0 Å². The van der Waals surface area contributed by atoms with Crippen molar-refractivity contribution in [1.29, 1.82) is 0 Å². The van der Waals surface area contributed by atoms with E-state index in [9.17, 15) is 0 Å². The molecule has 0 radical (unpaired) electrons. The fraction of sp³-hybridized carbons (Fsp3) is 0.667. The summed E-state index contributed by atoms with van der Waals surface area (Å²) in [5.74, 6) is 0. The highest BCUT2D eigenvalue weighted by molar-refractivity contribution is 4.83. The van der Waals surface area contributed by atoms with Crippen LogP contribution in [0.4, 0.5) is 0 Å². The second kappa shape index (κ2) is 9.50. The van der Waals surface area contributed by atoms with Gasteiger partial charge in [0.05, 0.1) is 18.9 Å². The lowest BCUT2D eigenvalue weighted by atomic mass is 10.1. The summed E-state index contributed by atoms with van der Waals surface area (Å²) in [5, 5.41) is 0. The number of hydrogen-bond acceptors (Lipinski definition) is 2. The second-order valence-corrected chi connectivity index (χ2v) is 6.46. The third kappa shape index (κ3) is 5.50. The molecule has 0 bridgehead atoms. The van der Waals surface area contributed by atoms with Crippen molar-refractivity contribution in [3.05, 3.63) is 37.4 Å². The van der Waals surface area contributed by atoms with Crippen molar-refractivity contribution >= 4 is 0 Å². The van der Waals surface area contributed by atoms with Crippen molar-refractivity contribution < 1.29 is 4.57 Å². The summed E-state index contributed by atoms with van der Waals surface area (Å²) in [6, 6.07) is 1.00. The summed E-state index contributed by atoms with van der Waals surface area (Å²) in [6.07, 6.45) is 19.6. The lowest BCUT2D eigenvalue weighted by molar-refractivity contribution is -0.697. The smallest absolute Gasteiger partial charge is 0.243 e. The van der Waals surface area contributed by atoms with E-state index in [0.29, 0.717) is 12.1 Å². The number of unbranched alkanes of at least 4 members (excludes halogenated alkanes) is 3. The average molecular weight is 318 g/mol. The standard InChI is InChI=1S/C18H32N5/c1-3-18(22-11-9-20-15-22)14-17(2)23-13-12-21(16-23)10-7-5-4-6-8-19/h9,11-13,15-18H,3-8,10,14,19H2,1-2H3/q+1. The van der Waals surface area contributed by atoms with Crippen LogP contribution in [0.25, 0.3) is 0 Å². The van der Waals surface area contributed by atoms with E-state index in [-0.39, 0.29) is 0 Å². The van der Waals surface area contributed by atoms with Crippen molar-refractivity contribution in [3.63, 3.8) is 0 Å². The largest absolute Gasteiger partial charge is 0.334 e.